The zero-order valence-electron chi connectivity index (χ0n) is 9.59. The summed E-state index contributed by atoms with van der Waals surface area (Å²) in [5.74, 6) is 0.0551. The van der Waals surface area contributed by atoms with Crippen LogP contribution in [-0.4, -0.2) is 61.0 Å². The Morgan fingerprint density at radius 3 is 2.94 bits per heavy atom. The molecule has 0 bridgehead atoms. The highest BCUT2D eigenvalue weighted by molar-refractivity contribution is 5.80. The molecule has 0 aromatic rings. The summed E-state index contributed by atoms with van der Waals surface area (Å²) in [5, 5.41) is 9.21. The summed E-state index contributed by atoms with van der Waals surface area (Å²) in [6, 6.07) is -0.186. The maximum Gasteiger partial charge on any atom is 0.228 e. The lowest BCUT2D eigenvalue weighted by molar-refractivity contribution is -0.147. The second kappa shape index (κ2) is 5.12. The predicted octanol–water partition coefficient (Wildman–Crippen LogP) is -0.369. The van der Waals surface area contributed by atoms with Crippen molar-refractivity contribution in [3.63, 3.8) is 0 Å². The van der Waals surface area contributed by atoms with Gasteiger partial charge in [-0.15, -0.1) is 0 Å². The minimum atomic E-state index is -0.186. The van der Waals surface area contributed by atoms with Crippen LogP contribution >= 0.6 is 0 Å². The van der Waals surface area contributed by atoms with Crippen molar-refractivity contribution in [2.45, 2.75) is 25.5 Å². The Morgan fingerprint density at radius 1 is 1.50 bits per heavy atom. The first-order valence-electron chi connectivity index (χ1n) is 5.84. The van der Waals surface area contributed by atoms with Crippen LogP contribution in [0.4, 0.5) is 0 Å². The van der Waals surface area contributed by atoms with E-state index >= 15 is 0 Å². The van der Waals surface area contributed by atoms with Crippen LogP contribution in [0.15, 0.2) is 0 Å². The standard InChI is InChI=1S/C11H19NO4/c1-8-10(2-4-16-8)11(14)12-3-5-15-7-9(12)6-13/h8-10,13H,2-7H2,1H3. The minimum absolute atomic E-state index is 0.00492. The third-order valence-electron chi connectivity index (χ3n) is 3.41. The average molecular weight is 229 g/mol. The molecule has 1 amide bonds. The first kappa shape index (κ1) is 11.8. The van der Waals surface area contributed by atoms with E-state index in [-0.39, 0.29) is 30.6 Å². The molecule has 0 aromatic carbocycles. The van der Waals surface area contributed by atoms with Crippen molar-refractivity contribution in [3.05, 3.63) is 0 Å². The lowest BCUT2D eigenvalue weighted by Gasteiger charge is -2.36. The molecule has 2 aliphatic rings. The highest BCUT2D eigenvalue weighted by Gasteiger charge is 2.37. The van der Waals surface area contributed by atoms with Gasteiger partial charge in [-0.3, -0.25) is 4.79 Å². The topological polar surface area (TPSA) is 59.0 Å². The SMILES string of the molecule is CC1OCCC1C(=O)N1CCOCC1CO. The number of rotatable bonds is 2. The molecule has 1 N–H and O–H groups in total. The van der Waals surface area contributed by atoms with E-state index in [1.165, 1.54) is 0 Å². The van der Waals surface area contributed by atoms with E-state index in [1.807, 2.05) is 6.92 Å². The van der Waals surface area contributed by atoms with E-state index in [0.717, 1.165) is 6.42 Å². The van der Waals surface area contributed by atoms with Crippen LogP contribution in [0, 0.1) is 5.92 Å². The summed E-state index contributed by atoms with van der Waals surface area (Å²) in [7, 11) is 0. The molecule has 2 aliphatic heterocycles. The number of morpholine rings is 1. The summed E-state index contributed by atoms with van der Waals surface area (Å²) in [4.78, 5) is 14.0. The van der Waals surface area contributed by atoms with Gasteiger partial charge in [-0.2, -0.15) is 0 Å². The minimum Gasteiger partial charge on any atom is -0.394 e. The summed E-state index contributed by atoms with van der Waals surface area (Å²) in [6.45, 7) is 4.13. The Morgan fingerprint density at radius 2 is 2.31 bits per heavy atom. The molecule has 0 saturated carbocycles. The molecule has 0 radical (unpaired) electrons. The molecule has 2 heterocycles. The van der Waals surface area contributed by atoms with E-state index < -0.39 is 0 Å². The van der Waals surface area contributed by atoms with Gasteiger partial charge in [-0.1, -0.05) is 0 Å². The second-order valence-corrected chi connectivity index (χ2v) is 4.41. The fourth-order valence-electron chi connectivity index (χ4n) is 2.37. The van der Waals surface area contributed by atoms with E-state index in [4.69, 9.17) is 9.47 Å². The maximum absolute atomic E-state index is 12.3. The van der Waals surface area contributed by atoms with E-state index in [0.29, 0.717) is 26.4 Å². The Balaban J connectivity index is 2.01. The van der Waals surface area contributed by atoms with Gasteiger partial charge in [0.05, 0.1) is 37.9 Å². The summed E-state index contributed by atoms with van der Waals surface area (Å²) >= 11 is 0. The van der Waals surface area contributed by atoms with Gasteiger partial charge in [-0.05, 0) is 13.3 Å². The van der Waals surface area contributed by atoms with Crippen molar-refractivity contribution in [2.75, 3.05) is 33.0 Å². The van der Waals surface area contributed by atoms with Crippen LogP contribution in [-0.2, 0) is 14.3 Å². The zero-order valence-corrected chi connectivity index (χ0v) is 9.59. The molecule has 0 aliphatic carbocycles. The van der Waals surface area contributed by atoms with Gasteiger partial charge in [0.1, 0.15) is 0 Å². The van der Waals surface area contributed by atoms with E-state index in [9.17, 15) is 9.90 Å². The lowest BCUT2D eigenvalue weighted by atomic mass is 10.00. The number of ether oxygens (including phenoxy) is 2. The van der Waals surface area contributed by atoms with E-state index in [2.05, 4.69) is 0 Å². The number of carbonyl (C=O) groups excluding carboxylic acids is 1. The predicted molar refractivity (Wildman–Crippen MR) is 56.9 cm³/mol. The fourth-order valence-corrected chi connectivity index (χ4v) is 2.37. The Bertz CT molecular complexity index is 258. The van der Waals surface area contributed by atoms with Gasteiger partial charge >= 0.3 is 0 Å². The van der Waals surface area contributed by atoms with E-state index in [1.54, 1.807) is 4.90 Å². The van der Waals surface area contributed by atoms with Crippen molar-refractivity contribution in [2.24, 2.45) is 5.92 Å². The van der Waals surface area contributed by atoms with Crippen LogP contribution in [0.1, 0.15) is 13.3 Å². The second-order valence-electron chi connectivity index (χ2n) is 4.41. The first-order valence-corrected chi connectivity index (χ1v) is 5.84. The van der Waals surface area contributed by atoms with Gasteiger partial charge in [0.2, 0.25) is 5.91 Å². The van der Waals surface area contributed by atoms with Crippen LogP contribution in [0.25, 0.3) is 0 Å². The largest absolute Gasteiger partial charge is 0.394 e. The molecule has 0 aromatic heterocycles. The number of hydrogen-bond acceptors (Lipinski definition) is 4. The molecule has 16 heavy (non-hydrogen) atoms. The molecule has 0 spiro atoms. The molecule has 2 rings (SSSR count). The summed E-state index contributed by atoms with van der Waals surface area (Å²) < 4.78 is 10.7. The molecule has 2 saturated heterocycles. The van der Waals surface area contributed by atoms with Gasteiger partial charge in [-0.25, -0.2) is 0 Å². The Kier molecular flexibility index (Phi) is 3.78. The molecule has 5 heteroatoms. The van der Waals surface area contributed by atoms with Crippen LogP contribution in [0.5, 0.6) is 0 Å². The number of nitrogens with zero attached hydrogens (tertiary/aromatic N) is 1. The molecule has 3 unspecified atom stereocenters. The van der Waals surface area contributed by atoms with Crippen LogP contribution in [0.3, 0.4) is 0 Å². The molecular formula is C11H19NO4. The third kappa shape index (κ3) is 2.21. The maximum atomic E-state index is 12.3. The Labute approximate surface area is 95.3 Å². The first-order chi connectivity index (χ1) is 7.74. The molecular weight excluding hydrogens is 210 g/mol. The Hall–Kier alpha value is -0.650. The van der Waals surface area contributed by atoms with Crippen LogP contribution < -0.4 is 0 Å². The third-order valence-corrected chi connectivity index (χ3v) is 3.41. The van der Waals surface area contributed by atoms with Gasteiger partial charge in [0.25, 0.3) is 0 Å². The molecule has 92 valence electrons. The summed E-state index contributed by atoms with van der Waals surface area (Å²) in [6.07, 6.45) is 0.782. The number of carbonyl (C=O) groups is 1. The van der Waals surface area contributed by atoms with Gasteiger partial charge in [0, 0.05) is 13.2 Å². The van der Waals surface area contributed by atoms with Gasteiger partial charge in [0.15, 0.2) is 0 Å². The smallest absolute Gasteiger partial charge is 0.228 e. The number of aliphatic hydroxyl groups excluding tert-OH is 1. The zero-order chi connectivity index (χ0) is 11.5. The number of hydrogen-bond donors (Lipinski definition) is 1. The highest BCUT2D eigenvalue weighted by atomic mass is 16.5. The lowest BCUT2D eigenvalue weighted by Crippen LogP contribution is -2.53. The molecule has 3 atom stereocenters. The van der Waals surface area contributed by atoms with Crippen molar-refractivity contribution >= 4 is 5.91 Å². The fraction of sp³-hybridized carbons (Fsp3) is 0.909. The summed E-state index contributed by atoms with van der Waals surface area (Å²) in [5.41, 5.74) is 0. The van der Waals surface area contributed by atoms with Crippen molar-refractivity contribution in [1.82, 2.24) is 4.90 Å². The van der Waals surface area contributed by atoms with Crippen molar-refractivity contribution in [3.8, 4) is 0 Å². The molecule has 5 nitrogen and oxygen atoms in total. The average Bonchev–Trinajstić information content (AvgIpc) is 2.74. The number of amides is 1. The van der Waals surface area contributed by atoms with Gasteiger partial charge < -0.3 is 19.5 Å². The van der Waals surface area contributed by atoms with Crippen molar-refractivity contribution in [1.29, 1.82) is 0 Å². The molecule has 2 fully saturated rings. The van der Waals surface area contributed by atoms with Crippen LogP contribution in [0.2, 0.25) is 0 Å². The van der Waals surface area contributed by atoms with Crippen molar-refractivity contribution < 1.29 is 19.4 Å². The highest BCUT2D eigenvalue weighted by Crippen LogP contribution is 2.24. The normalized spacial score (nSPS) is 35.4. The quantitative estimate of drug-likeness (QED) is 0.702. The monoisotopic (exact) mass is 229 g/mol. The number of aliphatic hydroxyl groups is 1.